The summed E-state index contributed by atoms with van der Waals surface area (Å²) in [6, 6.07) is 15.9. The van der Waals surface area contributed by atoms with Gasteiger partial charge >= 0.3 is 12.0 Å². The number of urea groups is 1. The molecule has 0 unspecified atom stereocenters. The number of carboxylic acids is 1. The molecule has 0 saturated carbocycles. The third-order valence-electron chi connectivity index (χ3n) is 6.26. The van der Waals surface area contributed by atoms with Gasteiger partial charge in [-0.15, -0.1) is 0 Å². The number of carboxylic acid groups (broad SMARTS) is 1. The first-order chi connectivity index (χ1) is 17.3. The van der Waals surface area contributed by atoms with E-state index in [1.807, 2.05) is 0 Å². The number of carbonyl (C=O) groups is 3. The number of hydrogen-bond donors (Lipinski definition) is 3. The molecular weight excluding hydrogens is 470 g/mol. The van der Waals surface area contributed by atoms with Gasteiger partial charge in [-0.25, -0.2) is 13.6 Å². The van der Waals surface area contributed by atoms with Gasteiger partial charge in [-0.05, 0) is 48.2 Å². The Morgan fingerprint density at radius 3 is 2.06 bits per heavy atom. The van der Waals surface area contributed by atoms with Crippen molar-refractivity contribution in [1.82, 2.24) is 0 Å². The van der Waals surface area contributed by atoms with Crippen molar-refractivity contribution in [2.45, 2.75) is 19.3 Å². The van der Waals surface area contributed by atoms with Crippen LogP contribution in [0.4, 0.5) is 25.0 Å². The standard InChI is InChI=1S/C27H24F2N2O5/c28-20-7-10-23(22(29)15-20)31-26(35)30-21-8-5-18(6-9-21)17-1-3-19(4-2-17)24(32)16-27(25(33)34)11-13-36-14-12-27/h1-10,15H,11-14,16H2,(H,33,34)(H2,30,31,35). The number of rotatable bonds is 7. The van der Waals surface area contributed by atoms with Gasteiger partial charge in [0.2, 0.25) is 0 Å². The summed E-state index contributed by atoms with van der Waals surface area (Å²) in [5.74, 6) is -2.82. The van der Waals surface area contributed by atoms with Crippen LogP contribution in [-0.4, -0.2) is 36.1 Å². The van der Waals surface area contributed by atoms with Crippen LogP contribution in [0.5, 0.6) is 0 Å². The zero-order chi connectivity index (χ0) is 25.7. The maximum atomic E-state index is 13.7. The minimum Gasteiger partial charge on any atom is -0.481 e. The van der Waals surface area contributed by atoms with Crippen LogP contribution in [0.3, 0.4) is 0 Å². The summed E-state index contributed by atoms with van der Waals surface area (Å²) < 4.78 is 32.0. The number of nitrogens with one attached hydrogen (secondary N) is 2. The average Bonchev–Trinajstić information content (AvgIpc) is 2.87. The Balaban J connectivity index is 1.38. The van der Waals surface area contributed by atoms with Crippen LogP contribution in [0.25, 0.3) is 11.1 Å². The van der Waals surface area contributed by atoms with Crippen molar-refractivity contribution >= 4 is 29.2 Å². The van der Waals surface area contributed by atoms with Gasteiger partial charge in [0.25, 0.3) is 0 Å². The molecule has 0 aromatic heterocycles. The second kappa shape index (κ2) is 10.7. The Kier molecular flexibility index (Phi) is 7.40. The van der Waals surface area contributed by atoms with Crippen LogP contribution in [0.2, 0.25) is 0 Å². The number of aliphatic carboxylic acids is 1. The maximum absolute atomic E-state index is 13.7. The minimum atomic E-state index is -1.09. The van der Waals surface area contributed by atoms with Crippen molar-refractivity contribution in [3.8, 4) is 11.1 Å². The molecule has 7 nitrogen and oxygen atoms in total. The Bertz CT molecular complexity index is 1270. The van der Waals surface area contributed by atoms with Crippen molar-refractivity contribution < 1.29 is 33.0 Å². The van der Waals surface area contributed by atoms with E-state index in [0.717, 1.165) is 23.3 Å². The lowest BCUT2D eigenvalue weighted by Gasteiger charge is -2.32. The lowest BCUT2D eigenvalue weighted by molar-refractivity contribution is -0.154. The van der Waals surface area contributed by atoms with Crippen LogP contribution in [0, 0.1) is 17.0 Å². The Morgan fingerprint density at radius 2 is 1.47 bits per heavy atom. The number of benzene rings is 3. The highest BCUT2D eigenvalue weighted by atomic mass is 19.1. The van der Waals surface area contributed by atoms with Gasteiger partial charge in [-0.1, -0.05) is 36.4 Å². The molecule has 0 bridgehead atoms. The summed E-state index contributed by atoms with van der Waals surface area (Å²) in [7, 11) is 0. The highest BCUT2D eigenvalue weighted by molar-refractivity contribution is 6.00. The van der Waals surface area contributed by atoms with Gasteiger partial charge in [0.1, 0.15) is 11.6 Å². The summed E-state index contributed by atoms with van der Waals surface area (Å²) >= 11 is 0. The van der Waals surface area contributed by atoms with Crippen LogP contribution in [-0.2, 0) is 9.53 Å². The number of anilines is 2. The van der Waals surface area contributed by atoms with Crippen LogP contribution < -0.4 is 10.6 Å². The Labute approximate surface area is 206 Å². The fourth-order valence-corrected chi connectivity index (χ4v) is 4.11. The predicted octanol–water partition coefficient (Wildman–Crippen LogP) is 5.73. The molecule has 0 spiro atoms. The molecule has 186 valence electrons. The van der Waals surface area contributed by atoms with Crippen molar-refractivity contribution in [3.05, 3.63) is 83.9 Å². The maximum Gasteiger partial charge on any atom is 0.323 e. The lowest BCUT2D eigenvalue weighted by atomic mass is 9.75. The van der Waals surface area contributed by atoms with Crippen LogP contribution in [0.15, 0.2) is 66.7 Å². The summed E-state index contributed by atoms with van der Waals surface area (Å²) in [6.07, 6.45) is 0.544. The molecule has 1 saturated heterocycles. The third-order valence-corrected chi connectivity index (χ3v) is 6.26. The number of carbonyl (C=O) groups excluding carboxylic acids is 2. The summed E-state index contributed by atoms with van der Waals surface area (Å²) in [5, 5.41) is 14.6. The highest BCUT2D eigenvalue weighted by Crippen LogP contribution is 2.36. The van der Waals surface area contributed by atoms with E-state index in [0.29, 0.717) is 43.4 Å². The first kappa shape index (κ1) is 25.0. The number of halogens is 2. The van der Waals surface area contributed by atoms with E-state index in [1.54, 1.807) is 48.5 Å². The molecule has 3 aromatic rings. The second-order valence-electron chi connectivity index (χ2n) is 8.66. The summed E-state index contributed by atoms with van der Waals surface area (Å²) in [4.78, 5) is 36.7. The van der Waals surface area contributed by atoms with Crippen molar-refractivity contribution in [2.24, 2.45) is 5.41 Å². The normalized spacial score (nSPS) is 14.6. The second-order valence-corrected chi connectivity index (χ2v) is 8.66. The fourth-order valence-electron chi connectivity index (χ4n) is 4.11. The first-order valence-electron chi connectivity index (χ1n) is 11.3. The average molecular weight is 494 g/mol. The smallest absolute Gasteiger partial charge is 0.323 e. The van der Waals surface area contributed by atoms with Crippen molar-refractivity contribution in [2.75, 3.05) is 23.8 Å². The van der Waals surface area contributed by atoms with Gasteiger partial charge in [-0.2, -0.15) is 0 Å². The molecule has 1 aliphatic heterocycles. The zero-order valence-corrected chi connectivity index (χ0v) is 19.2. The van der Waals surface area contributed by atoms with E-state index in [9.17, 15) is 28.3 Å². The zero-order valence-electron chi connectivity index (χ0n) is 19.2. The number of ether oxygens (including phenoxy) is 1. The third kappa shape index (κ3) is 5.75. The predicted molar refractivity (Wildman–Crippen MR) is 130 cm³/mol. The number of hydrogen-bond acceptors (Lipinski definition) is 4. The van der Waals surface area contributed by atoms with Gasteiger partial charge in [-0.3, -0.25) is 9.59 Å². The highest BCUT2D eigenvalue weighted by Gasteiger charge is 2.42. The number of amides is 2. The SMILES string of the molecule is O=C(Nc1ccc(-c2ccc(C(=O)CC3(C(=O)O)CCOCC3)cc2)cc1)Nc1ccc(F)cc1F. The van der Waals surface area contributed by atoms with Gasteiger partial charge in [0, 0.05) is 37.0 Å². The van der Waals surface area contributed by atoms with Gasteiger partial charge in [0.05, 0.1) is 11.1 Å². The van der Waals surface area contributed by atoms with E-state index < -0.39 is 29.0 Å². The molecule has 1 fully saturated rings. The molecule has 1 heterocycles. The van der Waals surface area contributed by atoms with Crippen molar-refractivity contribution in [3.63, 3.8) is 0 Å². The molecule has 3 aromatic carbocycles. The summed E-state index contributed by atoms with van der Waals surface area (Å²) in [5.41, 5.74) is 1.32. The fraction of sp³-hybridized carbons (Fsp3) is 0.222. The first-order valence-corrected chi connectivity index (χ1v) is 11.3. The Morgan fingerprint density at radius 1 is 0.861 bits per heavy atom. The molecule has 3 N–H and O–H groups in total. The summed E-state index contributed by atoms with van der Waals surface area (Å²) in [6.45, 7) is 0.655. The number of ketones is 1. The molecule has 36 heavy (non-hydrogen) atoms. The van der Waals surface area contributed by atoms with Gasteiger partial charge in [0.15, 0.2) is 5.78 Å². The molecule has 9 heteroatoms. The molecule has 2 amide bonds. The van der Waals surface area contributed by atoms with E-state index >= 15 is 0 Å². The van der Waals surface area contributed by atoms with Crippen LogP contribution >= 0.6 is 0 Å². The van der Waals surface area contributed by atoms with Crippen molar-refractivity contribution in [1.29, 1.82) is 0 Å². The molecule has 0 aliphatic carbocycles. The topological polar surface area (TPSA) is 105 Å². The van der Waals surface area contributed by atoms with Gasteiger partial charge < -0.3 is 20.5 Å². The quantitative estimate of drug-likeness (QED) is 0.364. The molecular formula is C27H24F2N2O5. The molecule has 1 aliphatic rings. The van der Waals surface area contributed by atoms with Crippen LogP contribution in [0.1, 0.15) is 29.6 Å². The monoisotopic (exact) mass is 494 g/mol. The molecule has 0 radical (unpaired) electrons. The lowest BCUT2D eigenvalue weighted by Crippen LogP contribution is -2.39. The van der Waals surface area contributed by atoms with E-state index in [4.69, 9.17) is 4.74 Å². The minimum absolute atomic E-state index is 0.0741. The van der Waals surface area contributed by atoms with E-state index in [2.05, 4.69) is 10.6 Å². The molecule has 0 atom stereocenters. The number of Topliss-reactive ketones (excluding diaryl/α,β-unsaturated/α-hetero) is 1. The Hall–Kier alpha value is -4.11. The molecule has 4 rings (SSSR count). The van der Waals surface area contributed by atoms with E-state index in [-0.39, 0.29) is 17.9 Å². The van der Waals surface area contributed by atoms with E-state index in [1.165, 1.54) is 0 Å². The largest absolute Gasteiger partial charge is 0.481 e.